The summed E-state index contributed by atoms with van der Waals surface area (Å²) in [4.78, 5) is 98.1. The van der Waals surface area contributed by atoms with Crippen LogP contribution < -0.4 is 49.8 Å². The second kappa shape index (κ2) is 45.3. The number of carboxylic acids is 1. The Balaban J connectivity index is 0. The summed E-state index contributed by atoms with van der Waals surface area (Å²) in [5.41, 5.74) is 14.2. The number of allylic oxidation sites excluding steroid dienone is 8. The fourth-order valence-corrected chi connectivity index (χ4v) is 10.9. The van der Waals surface area contributed by atoms with Gasteiger partial charge in [-0.3, -0.25) is 24.0 Å². The number of carbonyl (C=O) groups is 8. The number of nitrogens with one attached hydrogen (secondary N) is 3. The van der Waals surface area contributed by atoms with E-state index < -0.39 is 84.2 Å². The Hall–Kier alpha value is -7.23. The highest BCUT2D eigenvalue weighted by molar-refractivity contribution is 6.64. The van der Waals surface area contributed by atoms with Gasteiger partial charge in [-0.25, -0.2) is 9.59 Å². The molecule has 0 radical (unpaired) electrons. The topological polar surface area (TPSA) is 378 Å². The monoisotopic (exact) mass is 1410 g/mol. The number of primary amides is 2. The molecule has 0 saturated heterocycles. The van der Waals surface area contributed by atoms with Crippen molar-refractivity contribution in [2.75, 3.05) is 67.4 Å². The molecule has 2 aliphatic heterocycles. The molecule has 4 bridgehead atoms. The van der Waals surface area contributed by atoms with E-state index in [-0.39, 0.29) is 107 Å². The maximum Gasteiger partial charge on any atom is 0.405 e. The zero-order valence-corrected chi connectivity index (χ0v) is 60.5. The highest BCUT2D eigenvalue weighted by Crippen LogP contribution is 2.41. The van der Waals surface area contributed by atoms with E-state index in [0.29, 0.717) is 65.0 Å². The first-order valence-electron chi connectivity index (χ1n) is 30.9. The van der Waals surface area contributed by atoms with Gasteiger partial charge in [0.2, 0.25) is 11.0 Å². The van der Waals surface area contributed by atoms with Gasteiger partial charge in [0.25, 0.3) is 11.8 Å². The number of ether oxygens (including phenoxy) is 4. The third-order valence-corrected chi connectivity index (χ3v) is 15.6. The van der Waals surface area contributed by atoms with Crippen LogP contribution in [0.4, 0.5) is 21.0 Å². The van der Waals surface area contributed by atoms with E-state index in [0.717, 1.165) is 4.90 Å². The van der Waals surface area contributed by atoms with Crippen LogP contribution in [0.15, 0.2) is 125 Å². The summed E-state index contributed by atoms with van der Waals surface area (Å²) in [7, 11) is 10.1. The molecule has 1 aliphatic carbocycles. The number of nitrogens with two attached hydrogens (primary N) is 3. The number of methoxy groups -OCH3 is 2. The molecule has 24 nitrogen and oxygen atoms in total. The van der Waals surface area contributed by atoms with E-state index in [2.05, 4.69) is 23.8 Å². The maximum absolute atomic E-state index is 13.6. The number of rotatable bonds is 14. The number of hydrogen-bond acceptors (Lipinski definition) is 18. The van der Waals surface area contributed by atoms with Crippen molar-refractivity contribution in [3.63, 3.8) is 0 Å². The molecule has 3 aliphatic rings. The number of fused-ring (bicyclic) bond motifs is 4. The number of carboxylic acid groups (broad SMARTS) is 1. The summed E-state index contributed by atoms with van der Waals surface area (Å²) in [6.45, 7) is 26.1. The number of anilines is 1. The quantitative estimate of drug-likeness (QED) is 0.0317. The number of Topliss-reactive ketones (excluding diaryl/α,β-unsaturated/α-hetero) is 1. The van der Waals surface area contributed by atoms with Crippen LogP contribution in [0.2, 0.25) is 0 Å². The fraction of sp³-hybridized carbons (Fsp3) is 0.507. The van der Waals surface area contributed by atoms with E-state index in [1.165, 1.54) is 26.4 Å². The first-order valence-corrected chi connectivity index (χ1v) is 31.3. The second-order valence-corrected chi connectivity index (χ2v) is 24.8. The number of phenols is 2. The molecule has 12 atom stereocenters. The number of aliphatic hydroxyl groups excluding tert-OH is 2. The SMILES string of the molecule is C=CCCC1=C2C[C@@H](C)[C@H](OC)[C@H](O)[C@@H](C)/C=C(\C)[C@H](OC(N)=O)[C@@H](C)/C=C\C=C(/C)C(=O)NC(=CC1=O)C2=O.C=CC[NH2+]c1c(O)cc2c(O)c1C[C@@H](C)[C@H](OC)[C@H](O)[C@@H](C)/C=C(\C)[C@H](OC(N)=O)[C@@H](C)/C=C\C=C(/C)C(=O)N2.CN(C)CC(=O)Cl.C[NH+](C)CC(=O)[O-].Cl.[Cl-]. The third-order valence-electron chi connectivity index (χ3n) is 15.5. The van der Waals surface area contributed by atoms with Crippen molar-refractivity contribution in [3.8, 4) is 11.5 Å². The number of benzene rings is 1. The zero-order valence-electron chi connectivity index (χ0n) is 58.2. The minimum absolute atomic E-state index is 0. The molecule has 0 spiro atoms. The van der Waals surface area contributed by atoms with E-state index in [1.54, 1.807) is 115 Å². The standard InChI is InChI=1S/C31H42N2O7.C30H43N3O7.C4H8ClNO.C4H9NO2.2ClH/c1-8-9-13-22-23-15-21(6)29(39-7)26(35)19(4)14-20(5)28(40-31(32)38)17(2)11-10-12-18(3)30(37)33-24(27(23)36)16-25(22)34;1-8-12-32-24-21-14-20(6)28(39-7)25(35)18(4)13-19(5)27(40-30(31)38)16(2)10-9-11-17(3)29(37)33-22(26(21)36)15-23(24)34;1-6(2)3-4(5)7;1-5(2)3-4(6)7;;/h8,10-12,14,16-17,19,21,26,28-29,35H,1,9,13,15H2,2-7H3,(H2,32,38)(H,33,37);8-11,13,15-16,18,20,25,27-28,32,34-36H,1,12,14H2,2-7H3,(H2,31,38)(H,33,37);3H2,1-2H3;3H2,1-2H3,(H,6,7);2*1H/b11-10-,18-12+,20-14+;10-9-,17-11+,19-13+;;;;/t17-,19-,21+,26+,28+,29-;16-,18-,20+,25+,27+,28-;;;;/m00..../s1. The molecule has 0 unspecified atom stereocenters. The number of carbonyl (C=O) groups excluding carboxylic acids is 8. The Morgan fingerprint density at radius 3 is 1.60 bits per heavy atom. The van der Waals surface area contributed by atoms with E-state index >= 15 is 0 Å². The lowest BCUT2D eigenvalue weighted by molar-refractivity contribution is -0.852. The van der Waals surface area contributed by atoms with Crippen LogP contribution >= 0.6 is 24.0 Å². The van der Waals surface area contributed by atoms with Gasteiger partial charge in [0.05, 0.1) is 74.5 Å². The number of ketones is 2. The van der Waals surface area contributed by atoms with E-state index in [1.807, 2.05) is 53.7 Å². The zero-order chi connectivity index (χ0) is 72.0. The molecule has 0 saturated carbocycles. The summed E-state index contributed by atoms with van der Waals surface area (Å²) in [6, 6.07) is 1.31. The number of aliphatic hydroxyl groups is 2. The summed E-state index contributed by atoms with van der Waals surface area (Å²) in [5, 5.41) is 61.1. The van der Waals surface area contributed by atoms with E-state index in [9.17, 15) is 63.9 Å². The molecule has 96 heavy (non-hydrogen) atoms. The Bertz CT molecular complexity index is 3080. The Labute approximate surface area is 583 Å². The van der Waals surface area contributed by atoms with Gasteiger partial charge in [0, 0.05) is 72.3 Å². The van der Waals surface area contributed by atoms with Gasteiger partial charge in [0.1, 0.15) is 24.5 Å². The smallest absolute Gasteiger partial charge is 0.405 e. The number of aromatic hydroxyl groups is 2. The molecule has 13 N–H and O–H groups in total. The summed E-state index contributed by atoms with van der Waals surface area (Å²) < 4.78 is 22.2. The van der Waals surface area contributed by atoms with Crippen LogP contribution in [0, 0.1) is 35.5 Å². The van der Waals surface area contributed by atoms with Crippen LogP contribution in [0.1, 0.15) is 94.1 Å². The Morgan fingerprint density at radius 2 is 1.23 bits per heavy atom. The highest BCUT2D eigenvalue weighted by atomic mass is 35.5. The highest BCUT2D eigenvalue weighted by Gasteiger charge is 2.37. The van der Waals surface area contributed by atoms with Gasteiger partial charge in [-0.1, -0.05) is 103 Å². The number of quaternary nitrogens is 2. The predicted molar refractivity (Wildman–Crippen MR) is 366 cm³/mol. The van der Waals surface area contributed by atoms with Crippen molar-refractivity contribution in [1.82, 2.24) is 10.2 Å². The number of likely N-dealkylation sites (N-methyl/N-ethyl adjacent to an activating group) is 2. The normalized spacial score (nSPS) is 27.4. The molecule has 1 aromatic rings. The molecule has 0 fully saturated rings. The van der Waals surface area contributed by atoms with Crippen molar-refractivity contribution in [3.05, 3.63) is 131 Å². The van der Waals surface area contributed by atoms with Crippen molar-refractivity contribution in [2.24, 2.45) is 47.0 Å². The molecule has 27 heteroatoms. The molecule has 2 heterocycles. The lowest BCUT2D eigenvalue weighted by Gasteiger charge is -2.32. The Morgan fingerprint density at radius 1 is 0.771 bits per heavy atom. The number of phenolic OH excluding ortho intramolecular Hbond substituents is 2. The van der Waals surface area contributed by atoms with Crippen LogP contribution in [0.3, 0.4) is 0 Å². The fourth-order valence-electron chi connectivity index (χ4n) is 10.7. The molecular weight excluding hydrogens is 1310 g/mol. The number of hydrogen-bond donors (Lipinski definition) is 10. The Kier molecular flexibility index (Phi) is 42.9. The largest absolute Gasteiger partial charge is 1.00 e. The average Bonchev–Trinajstić information content (AvgIpc) is 0.802. The number of nitrogens with zero attached hydrogens (tertiary/aromatic N) is 1. The van der Waals surface area contributed by atoms with Gasteiger partial charge in [-0.2, -0.15) is 0 Å². The molecule has 538 valence electrons. The molecule has 0 aromatic heterocycles. The predicted octanol–water partition coefficient (Wildman–Crippen LogP) is 1.79. The van der Waals surface area contributed by atoms with Crippen LogP contribution in [0.25, 0.3) is 0 Å². The van der Waals surface area contributed by atoms with Crippen molar-refractivity contribution in [2.45, 2.75) is 132 Å². The van der Waals surface area contributed by atoms with Crippen molar-refractivity contribution in [1.29, 1.82) is 0 Å². The number of aliphatic carboxylic acids is 1. The van der Waals surface area contributed by atoms with Crippen LogP contribution in [-0.2, 0) is 54.1 Å². The van der Waals surface area contributed by atoms with Crippen LogP contribution in [-0.4, -0.2) is 171 Å². The van der Waals surface area contributed by atoms with Gasteiger partial charge in [-0.05, 0) is 108 Å². The van der Waals surface area contributed by atoms with Gasteiger partial charge >= 0.3 is 12.2 Å². The van der Waals surface area contributed by atoms with Crippen molar-refractivity contribution < 1.29 is 105 Å². The molecule has 1 aromatic carbocycles. The van der Waals surface area contributed by atoms with Crippen LogP contribution in [0.5, 0.6) is 11.5 Å². The van der Waals surface area contributed by atoms with Crippen molar-refractivity contribution >= 4 is 82.2 Å². The molecule has 4 rings (SSSR count). The van der Waals surface area contributed by atoms with Gasteiger partial charge < -0.3 is 98.9 Å². The number of halogens is 3. The second-order valence-electron chi connectivity index (χ2n) is 24.4. The third kappa shape index (κ3) is 30.5. The summed E-state index contributed by atoms with van der Waals surface area (Å²) in [5.74, 6) is -5.23. The summed E-state index contributed by atoms with van der Waals surface area (Å²) in [6.07, 6.45) is 12.8. The lowest BCUT2D eigenvalue weighted by atomic mass is 9.81. The first-order chi connectivity index (χ1) is 43.9. The minimum Gasteiger partial charge on any atom is -1.00 e. The lowest BCUT2D eigenvalue weighted by Crippen LogP contribution is -3.07. The number of amides is 4. The molecule has 4 amide bonds. The van der Waals surface area contributed by atoms with E-state index in [4.69, 9.17) is 42.0 Å². The van der Waals surface area contributed by atoms with Gasteiger partial charge in [-0.15, -0.1) is 19.0 Å². The average molecular weight is 1410 g/mol. The summed E-state index contributed by atoms with van der Waals surface area (Å²) >= 11 is 4.99. The van der Waals surface area contributed by atoms with Gasteiger partial charge in [0.15, 0.2) is 17.2 Å². The molecular formula is C69H104Cl3N7O17. The maximum atomic E-state index is 13.6. The minimum atomic E-state index is -1.000. The first kappa shape index (κ1) is 90.8.